The van der Waals surface area contributed by atoms with Gasteiger partial charge in [-0.05, 0) is 19.8 Å². The van der Waals surface area contributed by atoms with Crippen LogP contribution in [0.2, 0.25) is 0 Å². The van der Waals surface area contributed by atoms with Crippen LogP contribution in [-0.2, 0) is 4.74 Å². The van der Waals surface area contributed by atoms with Crippen LogP contribution < -0.4 is 10.2 Å². The largest absolute Gasteiger partial charge is 0.450 e. The molecule has 1 aromatic rings. The number of piperazine rings is 1. The highest BCUT2D eigenvalue weighted by atomic mass is 16.6. The molecule has 26 heavy (non-hydrogen) atoms. The first kappa shape index (κ1) is 18.4. The third kappa shape index (κ3) is 4.62. The Kier molecular flexibility index (Phi) is 6.25. The van der Waals surface area contributed by atoms with Gasteiger partial charge in [-0.25, -0.2) is 14.8 Å². The van der Waals surface area contributed by atoms with Crippen molar-refractivity contribution in [2.45, 2.75) is 45.1 Å². The Labute approximate surface area is 153 Å². The predicted octanol–water partition coefficient (Wildman–Crippen LogP) is 1.82. The Hall–Kier alpha value is -2.38. The first-order valence-electron chi connectivity index (χ1n) is 9.47. The van der Waals surface area contributed by atoms with Crippen molar-refractivity contribution >= 4 is 17.8 Å². The molecule has 0 unspecified atom stereocenters. The number of nitrogens with one attached hydrogen (secondary N) is 1. The molecule has 0 bridgehead atoms. The fourth-order valence-corrected chi connectivity index (χ4v) is 3.48. The minimum absolute atomic E-state index is 0.134. The molecule has 1 aliphatic heterocycles. The SMILES string of the molecule is CCOC(=O)N1CCN(c2cc(C(=O)NC3CCCCC3)ncn2)CC1. The molecule has 2 fully saturated rings. The molecule has 8 nitrogen and oxygen atoms in total. The van der Waals surface area contributed by atoms with Crippen molar-refractivity contribution in [2.24, 2.45) is 0 Å². The van der Waals surface area contributed by atoms with Gasteiger partial charge in [-0.15, -0.1) is 0 Å². The number of nitrogens with zero attached hydrogens (tertiary/aromatic N) is 4. The molecular formula is C18H27N5O3. The van der Waals surface area contributed by atoms with Crippen molar-refractivity contribution in [2.75, 3.05) is 37.7 Å². The number of hydrogen-bond donors (Lipinski definition) is 1. The van der Waals surface area contributed by atoms with Crippen LogP contribution in [0.15, 0.2) is 12.4 Å². The van der Waals surface area contributed by atoms with Gasteiger partial charge in [-0.2, -0.15) is 0 Å². The quantitative estimate of drug-likeness (QED) is 0.880. The molecule has 2 heterocycles. The van der Waals surface area contributed by atoms with Gasteiger partial charge in [-0.3, -0.25) is 4.79 Å². The molecular weight excluding hydrogens is 334 g/mol. The van der Waals surface area contributed by atoms with E-state index >= 15 is 0 Å². The monoisotopic (exact) mass is 361 g/mol. The fraction of sp³-hybridized carbons (Fsp3) is 0.667. The van der Waals surface area contributed by atoms with E-state index in [1.54, 1.807) is 17.9 Å². The van der Waals surface area contributed by atoms with E-state index in [1.807, 2.05) is 0 Å². The molecule has 2 amide bonds. The molecule has 2 aliphatic rings. The number of anilines is 1. The Balaban J connectivity index is 1.57. The summed E-state index contributed by atoms with van der Waals surface area (Å²) in [6.45, 7) is 4.64. The van der Waals surface area contributed by atoms with E-state index in [0.29, 0.717) is 38.5 Å². The van der Waals surface area contributed by atoms with E-state index in [0.717, 1.165) is 18.7 Å². The number of carbonyl (C=O) groups excluding carboxylic acids is 2. The fourth-order valence-electron chi connectivity index (χ4n) is 3.48. The number of aromatic nitrogens is 2. The van der Waals surface area contributed by atoms with Gasteiger partial charge in [0.05, 0.1) is 6.61 Å². The second-order valence-corrected chi connectivity index (χ2v) is 6.74. The Morgan fingerprint density at radius 3 is 2.58 bits per heavy atom. The van der Waals surface area contributed by atoms with Crippen LogP contribution in [0, 0.1) is 0 Å². The zero-order valence-corrected chi connectivity index (χ0v) is 15.3. The van der Waals surface area contributed by atoms with Crippen molar-refractivity contribution in [1.82, 2.24) is 20.2 Å². The average molecular weight is 361 g/mol. The summed E-state index contributed by atoms with van der Waals surface area (Å²) in [7, 11) is 0. The molecule has 0 spiro atoms. The number of amides is 2. The highest BCUT2D eigenvalue weighted by molar-refractivity contribution is 5.93. The van der Waals surface area contributed by atoms with Crippen molar-refractivity contribution in [3.05, 3.63) is 18.1 Å². The van der Waals surface area contributed by atoms with Gasteiger partial charge in [0.25, 0.3) is 5.91 Å². The minimum atomic E-state index is -0.276. The molecule has 8 heteroatoms. The molecule has 0 radical (unpaired) electrons. The lowest BCUT2D eigenvalue weighted by molar-refractivity contribution is 0.0922. The van der Waals surface area contributed by atoms with Crippen LogP contribution in [0.25, 0.3) is 0 Å². The van der Waals surface area contributed by atoms with Crippen LogP contribution >= 0.6 is 0 Å². The third-order valence-electron chi connectivity index (χ3n) is 4.96. The first-order valence-corrected chi connectivity index (χ1v) is 9.47. The molecule has 0 atom stereocenters. The van der Waals surface area contributed by atoms with Gasteiger partial charge in [0, 0.05) is 38.3 Å². The topological polar surface area (TPSA) is 87.7 Å². The van der Waals surface area contributed by atoms with E-state index in [2.05, 4.69) is 20.2 Å². The molecule has 142 valence electrons. The zero-order chi connectivity index (χ0) is 18.4. The molecule has 1 aromatic heterocycles. The van der Waals surface area contributed by atoms with Crippen LogP contribution in [0.1, 0.15) is 49.5 Å². The normalized spacial score (nSPS) is 18.5. The maximum absolute atomic E-state index is 12.5. The number of rotatable bonds is 4. The number of hydrogen-bond acceptors (Lipinski definition) is 6. The van der Waals surface area contributed by atoms with Crippen LogP contribution in [0.5, 0.6) is 0 Å². The maximum Gasteiger partial charge on any atom is 0.409 e. The van der Waals surface area contributed by atoms with Crippen molar-refractivity contribution in [3.8, 4) is 0 Å². The Morgan fingerprint density at radius 1 is 1.15 bits per heavy atom. The summed E-state index contributed by atoms with van der Waals surface area (Å²) in [5, 5.41) is 3.08. The standard InChI is InChI=1S/C18H27N5O3/c1-2-26-18(25)23-10-8-22(9-11-23)16-12-15(19-13-20-16)17(24)21-14-6-4-3-5-7-14/h12-14H,2-11H2,1H3,(H,21,24). The van der Waals surface area contributed by atoms with Crippen LogP contribution in [0.4, 0.5) is 10.6 Å². The summed E-state index contributed by atoms with van der Waals surface area (Å²) >= 11 is 0. The van der Waals surface area contributed by atoms with E-state index < -0.39 is 0 Å². The maximum atomic E-state index is 12.5. The van der Waals surface area contributed by atoms with Gasteiger partial charge in [0.2, 0.25) is 0 Å². The van der Waals surface area contributed by atoms with Gasteiger partial charge >= 0.3 is 6.09 Å². The second kappa shape index (κ2) is 8.82. The van der Waals surface area contributed by atoms with E-state index in [-0.39, 0.29) is 18.0 Å². The summed E-state index contributed by atoms with van der Waals surface area (Å²) in [5.74, 6) is 0.586. The van der Waals surface area contributed by atoms with E-state index in [4.69, 9.17) is 4.74 Å². The lowest BCUT2D eigenvalue weighted by Crippen LogP contribution is -2.49. The van der Waals surface area contributed by atoms with E-state index in [1.165, 1.54) is 25.6 Å². The molecule has 1 saturated heterocycles. The Morgan fingerprint density at radius 2 is 1.88 bits per heavy atom. The second-order valence-electron chi connectivity index (χ2n) is 6.74. The van der Waals surface area contributed by atoms with Gasteiger partial charge in [-0.1, -0.05) is 19.3 Å². The summed E-state index contributed by atoms with van der Waals surface area (Å²) in [5.41, 5.74) is 0.397. The smallest absolute Gasteiger partial charge is 0.409 e. The summed E-state index contributed by atoms with van der Waals surface area (Å²) in [6, 6.07) is 1.99. The summed E-state index contributed by atoms with van der Waals surface area (Å²) in [4.78, 5) is 36.4. The average Bonchev–Trinajstić information content (AvgIpc) is 2.69. The van der Waals surface area contributed by atoms with Crippen molar-refractivity contribution in [1.29, 1.82) is 0 Å². The molecule has 1 saturated carbocycles. The highest BCUT2D eigenvalue weighted by Gasteiger charge is 2.24. The lowest BCUT2D eigenvalue weighted by atomic mass is 9.95. The Bertz CT molecular complexity index is 625. The third-order valence-corrected chi connectivity index (χ3v) is 4.96. The first-order chi connectivity index (χ1) is 12.7. The predicted molar refractivity (Wildman–Crippen MR) is 97.2 cm³/mol. The summed E-state index contributed by atoms with van der Waals surface area (Å²) in [6.07, 6.45) is 6.83. The van der Waals surface area contributed by atoms with Crippen LogP contribution in [0.3, 0.4) is 0 Å². The van der Waals surface area contributed by atoms with Gasteiger partial charge in [0.1, 0.15) is 17.8 Å². The number of carbonyl (C=O) groups is 2. The van der Waals surface area contributed by atoms with Crippen LogP contribution in [-0.4, -0.2) is 65.7 Å². The molecule has 1 N–H and O–H groups in total. The molecule has 1 aliphatic carbocycles. The van der Waals surface area contributed by atoms with Gasteiger partial charge in [0.15, 0.2) is 0 Å². The minimum Gasteiger partial charge on any atom is -0.450 e. The zero-order valence-electron chi connectivity index (χ0n) is 15.3. The van der Waals surface area contributed by atoms with Crippen molar-refractivity contribution < 1.29 is 14.3 Å². The van der Waals surface area contributed by atoms with Gasteiger partial charge < -0.3 is 19.9 Å². The summed E-state index contributed by atoms with van der Waals surface area (Å²) < 4.78 is 5.03. The lowest BCUT2D eigenvalue weighted by Gasteiger charge is -2.34. The number of ether oxygens (including phenoxy) is 1. The molecule has 3 rings (SSSR count). The van der Waals surface area contributed by atoms with E-state index in [9.17, 15) is 9.59 Å². The molecule has 0 aromatic carbocycles. The highest BCUT2D eigenvalue weighted by Crippen LogP contribution is 2.18. The van der Waals surface area contributed by atoms with Crippen molar-refractivity contribution in [3.63, 3.8) is 0 Å².